The van der Waals surface area contributed by atoms with Crippen molar-refractivity contribution in [1.82, 2.24) is 0 Å². The number of allylic oxidation sites excluding steroid dienone is 2. The standard InChI is InChI=1S/C14H18O3/c1-4-5-6-10-7-8(2)9(3)11-12(10)14(16)17-13(11)15/h4,10-12H,1,5-7H2,2-3H3. The molecule has 3 nitrogen and oxygen atoms in total. The van der Waals surface area contributed by atoms with Crippen LogP contribution in [0.15, 0.2) is 23.8 Å². The molecule has 1 aliphatic heterocycles. The lowest BCUT2D eigenvalue weighted by Gasteiger charge is -2.31. The highest BCUT2D eigenvalue weighted by Gasteiger charge is 2.51. The van der Waals surface area contributed by atoms with Gasteiger partial charge < -0.3 is 4.74 Å². The Morgan fingerprint density at radius 2 is 2.06 bits per heavy atom. The summed E-state index contributed by atoms with van der Waals surface area (Å²) in [6.07, 6.45) is 4.53. The largest absolute Gasteiger partial charge is 0.392 e. The molecule has 0 bridgehead atoms. The summed E-state index contributed by atoms with van der Waals surface area (Å²) in [6, 6.07) is 0. The Morgan fingerprint density at radius 1 is 1.35 bits per heavy atom. The number of rotatable bonds is 3. The highest BCUT2D eigenvalue weighted by molar-refractivity contribution is 5.98. The molecule has 1 aliphatic carbocycles. The number of hydrogen-bond donors (Lipinski definition) is 0. The molecule has 1 saturated heterocycles. The molecule has 3 unspecified atom stereocenters. The Hall–Kier alpha value is -1.38. The summed E-state index contributed by atoms with van der Waals surface area (Å²) in [5, 5.41) is 0. The summed E-state index contributed by atoms with van der Waals surface area (Å²) in [4.78, 5) is 23.5. The van der Waals surface area contributed by atoms with Crippen LogP contribution in [0, 0.1) is 17.8 Å². The molecule has 1 fully saturated rings. The second-order valence-corrected chi connectivity index (χ2v) is 5.04. The molecular weight excluding hydrogens is 216 g/mol. The van der Waals surface area contributed by atoms with E-state index in [1.54, 1.807) is 0 Å². The molecule has 92 valence electrons. The van der Waals surface area contributed by atoms with Gasteiger partial charge in [-0.2, -0.15) is 0 Å². The van der Waals surface area contributed by atoms with Gasteiger partial charge in [0, 0.05) is 0 Å². The Balaban J connectivity index is 2.30. The summed E-state index contributed by atoms with van der Waals surface area (Å²) in [7, 11) is 0. The summed E-state index contributed by atoms with van der Waals surface area (Å²) >= 11 is 0. The van der Waals surface area contributed by atoms with Crippen molar-refractivity contribution in [1.29, 1.82) is 0 Å². The van der Waals surface area contributed by atoms with Gasteiger partial charge in [0.15, 0.2) is 0 Å². The van der Waals surface area contributed by atoms with E-state index in [1.807, 2.05) is 19.9 Å². The third kappa shape index (κ3) is 1.94. The molecule has 3 atom stereocenters. The van der Waals surface area contributed by atoms with Crippen molar-refractivity contribution < 1.29 is 14.3 Å². The quantitative estimate of drug-likeness (QED) is 0.428. The van der Waals surface area contributed by atoms with E-state index in [2.05, 4.69) is 6.58 Å². The number of fused-ring (bicyclic) bond motifs is 1. The number of carbonyl (C=O) groups excluding carboxylic acids is 2. The molecule has 3 heteroatoms. The summed E-state index contributed by atoms with van der Waals surface area (Å²) in [6.45, 7) is 7.69. The molecule has 1 heterocycles. The van der Waals surface area contributed by atoms with Crippen molar-refractivity contribution in [3.63, 3.8) is 0 Å². The summed E-state index contributed by atoms with van der Waals surface area (Å²) < 4.78 is 4.80. The van der Waals surface area contributed by atoms with Crippen LogP contribution in [0.1, 0.15) is 33.1 Å². The van der Waals surface area contributed by atoms with Crippen molar-refractivity contribution in [2.24, 2.45) is 17.8 Å². The molecule has 0 spiro atoms. The van der Waals surface area contributed by atoms with Crippen LogP contribution in [0.25, 0.3) is 0 Å². The van der Waals surface area contributed by atoms with Gasteiger partial charge in [0.1, 0.15) is 0 Å². The fourth-order valence-corrected chi connectivity index (χ4v) is 2.98. The zero-order chi connectivity index (χ0) is 12.6. The predicted octanol–water partition coefficient (Wildman–Crippen LogP) is 2.62. The normalized spacial score (nSPS) is 32.5. The average Bonchev–Trinajstić information content (AvgIpc) is 2.58. The van der Waals surface area contributed by atoms with Crippen LogP contribution in [-0.4, -0.2) is 11.9 Å². The third-order valence-electron chi connectivity index (χ3n) is 4.04. The van der Waals surface area contributed by atoms with E-state index in [9.17, 15) is 9.59 Å². The average molecular weight is 234 g/mol. The third-order valence-corrected chi connectivity index (χ3v) is 4.04. The molecule has 2 rings (SSSR count). The van der Waals surface area contributed by atoms with E-state index in [4.69, 9.17) is 4.74 Å². The monoisotopic (exact) mass is 234 g/mol. The first kappa shape index (κ1) is 12.1. The van der Waals surface area contributed by atoms with Gasteiger partial charge in [-0.05, 0) is 39.0 Å². The second-order valence-electron chi connectivity index (χ2n) is 5.04. The van der Waals surface area contributed by atoms with Gasteiger partial charge in [0.25, 0.3) is 0 Å². The van der Waals surface area contributed by atoms with Crippen LogP contribution in [0.3, 0.4) is 0 Å². The van der Waals surface area contributed by atoms with Gasteiger partial charge in [-0.3, -0.25) is 9.59 Å². The van der Waals surface area contributed by atoms with Crippen LogP contribution in [0.2, 0.25) is 0 Å². The van der Waals surface area contributed by atoms with Crippen LogP contribution < -0.4 is 0 Å². The maximum atomic E-state index is 11.8. The van der Waals surface area contributed by atoms with Gasteiger partial charge in [-0.25, -0.2) is 0 Å². The number of ether oxygens (including phenoxy) is 1. The van der Waals surface area contributed by atoms with Crippen LogP contribution >= 0.6 is 0 Å². The molecule has 0 aromatic heterocycles. The van der Waals surface area contributed by atoms with E-state index >= 15 is 0 Å². The lowest BCUT2D eigenvalue weighted by Crippen LogP contribution is -2.31. The van der Waals surface area contributed by atoms with Gasteiger partial charge in [-0.1, -0.05) is 17.2 Å². The fraction of sp³-hybridized carbons (Fsp3) is 0.571. The lowest BCUT2D eigenvalue weighted by molar-refractivity contribution is -0.153. The number of carbonyl (C=O) groups is 2. The minimum absolute atomic E-state index is 0.223. The SMILES string of the molecule is C=CCCC1CC(C)=C(C)C2C(=O)OC(=O)C12. The van der Waals surface area contributed by atoms with Crippen molar-refractivity contribution in [3.05, 3.63) is 23.8 Å². The summed E-state index contributed by atoms with van der Waals surface area (Å²) in [5.41, 5.74) is 2.26. The van der Waals surface area contributed by atoms with Crippen LogP contribution in [0.4, 0.5) is 0 Å². The molecule has 0 amide bonds. The highest BCUT2D eigenvalue weighted by atomic mass is 16.6. The Kier molecular flexibility index (Phi) is 3.18. The maximum Gasteiger partial charge on any atom is 0.321 e. The predicted molar refractivity (Wildman–Crippen MR) is 64.0 cm³/mol. The minimum atomic E-state index is -0.361. The van der Waals surface area contributed by atoms with E-state index in [-0.39, 0.29) is 29.7 Å². The molecule has 0 radical (unpaired) electrons. The Morgan fingerprint density at radius 3 is 2.71 bits per heavy atom. The molecule has 17 heavy (non-hydrogen) atoms. The Labute approximate surface area is 102 Å². The maximum absolute atomic E-state index is 11.8. The smallest absolute Gasteiger partial charge is 0.321 e. The van der Waals surface area contributed by atoms with Crippen molar-refractivity contribution in [2.75, 3.05) is 0 Å². The summed E-state index contributed by atoms with van der Waals surface area (Å²) in [5.74, 6) is -1.06. The Bertz CT molecular complexity index is 406. The van der Waals surface area contributed by atoms with E-state index in [0.717, 1.165) is 24.8 Å². The van der Waals surface area contributed by atoms with E-state index < -0.39 is 0 Å². The lowest BCUT2D eigenvalue weighted by atomic mass is 9.69. The molecule has 0 aromatic rings. The van der Waals surface area contributed by atoms with E-state index in [0.29, 0.717) is 0 Å². The van der Waals surface area contributed by atoms with Gasteiger partial charge >= 0.3 is 11.9 Å². The van der Waals surface area contributed by atoms with Gasteiger partial charge in [0.05, 0.1) is 11.8 Å². The first-order chi connectivity index (χ1) is 8.06. The van der Waals surface area contributed by atoms with Gasteiger partial charge in [-0.15, -0.1) is 6.58 Å². The van der Waals surface area contributed by atoms with Gasteiger partial charge in [0.2, 0.25) is 0 Å². The van der Waals surface area contributed by atoms with Crippen LogP contribution in [-0.2, 0) is 14.3 Å². The van der Waals surface area contributed by atoms with E-state index in [1.165, 1.54) is 5.57 Å². The zero-order valence-corrected chi connectivity index (χ0v) is 10.4. The minimum Gasteiger partial charge on any atom is -0.392 e. The number of hydrogen-bond acceptors (Lipinski definition) is 3. The van der Waals surface area contributed by atoms with Crippen molar-refractivity contribution >= 4 is 11.9 Å². The first-order valence-electron chi connectivity index (χ1n) is 6.09. The topological polar surface area (TPSA) is 43.4 Å². The molecule has 0 aromatic carbocycles. The molecular formula is C14H18O3. The zero-order valence-electron chi connectivity index (χ0n) is 10.4. The fourth-order valence-electron chi connectivity index (χ4n) is 2.98. The van der Waals surface area contributed by atoms with Crippen molar-refractivity contribution in [3.8, 4) is 0 Å². The second kappa shape index (κ2) is 4.47. The van der Waals surface area contributed by atoms with Crippen molar-refractivity contribution in [2.45, 2.75) is 33.1 Å². The first-order valence-corrected chi connectivity index (χ1v) is 6.09. The molecule has 0 saturated carbocycles. The highest BCUT2D eigenvalue weighted by Crippen LogP contribution is 2.45. The van der Waals surface area contributed by atoms with Crippen LogP contribution in [0.5, 0.6) is 0 Å². The molecule has 0 N–H and O–H groups in total. The molecule has 2 aliphatic rings. The number of cyclic esters (lactones) is 2. The number of esters is 2.